The van der Waals surface area contributed by atoms with Crippen LogP contribution < -0.4 is 0 Å². The average molecular weight is 174 g/mol. The molecule has 0 atom stereocenters. The summed E-state index contributed by atoms with van der Waals surface area (Å²) in [6.45, 7) is 0. The van der Waals surface area contributed by atoms with Gasteiger partial charge in [0, 0.05) is 0 Å². The predicted octanol–water partition coefficient (Wildman–Crippen LogP) is 4.18. The van der Waals surface area contributed by atoms with E-state index in [4.69, 9.17) is 0 Å². The van der Waals surface area contributed by atoms with Gasteiger partial charge in [-0.2, -0.15) is 0 Å². The Kier molecular flexibility index (Phi) is 5.87. The minimum absolute atomic E-state index is 1.07. The highest BCUT2D eigenvalue weighted by molar-refractivity contribution is 5.00. The summed E-state index contributed by atoms with van der Waals surface area (Å²) in [5.41, 5.74) is 0. The SMILES string of the molecule is C1=CCC=CCC/C=C/CC=CC1. The number of rotatable bonds is 0. The maximum atomic E-state index is 2.26. The summed E-state index contributed by atoms with van der Waals surface area (Å²) in [4.78, 5) is 0. The summed E-state index contributed by atoms with van der Waals surface area (Å²) in [7, 11) is 0. The molecule has 0 fully saturated rings. The lowest BCUT2D eigenvalue weighted by Crippen LogP contribution is -1.65. The molecule has 1 aliphatic rings. The Morgan fingerprint density at radius 2 is 0.692 bits per heavy atom. The van der Waals surface area contributed by atoms with Crippen LogP contribution in [0.25, 0.3) is 0 Å². The van der Waals surface area contributed by atoms with Crippen molar-refractivity contribution < 1.29 is 0 Å². The number of hydrogen-bond acceptors (Lipinski definition) is 0. The van der Waals surface area contributed by atoms with E-state index in [2.05, 4.69) is 48.6 Å². The van der Waals surface area contributed by atoms with E-state index in [9.17, 15) is 0 Å². The average Bonchev–Trinajstić information content (AvgIpc) is 2.18. The first-order chi connectivity index (χ1) is 6.50. The lowest BCUT2D eigenvalue weighted by atomic mass is 10.2. The topological polar surface area (TPSA) is 0 Å². The second-order valence-corrected chi connectivity index (χ2v) is 3.17. The van der Waals surface area contributed by atoms with Crippen molar-refractivity contribution in [2.45, 2.75) is 32.1 Å². The van der Waals surface area contributed by atoms with Crippen molar-refractivity contribution in [1.29, 1.82) is 0 Å². The quantitative estimate of drug-likeness (QED) is 0.483. The number of hydrogen-bond donors (Lipinski definition) is 0. The van der Waals surface area contributed by atoms with Crippen LogP contribution in [0.3, 0.4) is 0 Å². The molecule has 0 bridgehead atoms. The fourth-order valence-corrected chi connectivity index (χ4v) is 1.24. The highest BCUT2D eigenvalue weighted by Gasteiger charge is 1.78. The first kappa shape index (κ1) is 10.0. The molecule has 0 saturated heterocycles. The van der Waals surface area contributed by atoms with Gasteiger partial charge in [-0.05, 0) is 32.1 Å². The van der Waals surface area contributed by atoms with Crippen molar-refractivity contribution in [1.82, 2.24) is 0 Å². The molecule has 0 radical (unpaired) electrons. The predicted molar refractivity (Wildman–Crippen MR) is 59.6 cm³/mol. The standard InChI is InChI=1S/C13H18/c1-2-4-6-8-10-12-13-11-9-7-5-3-1/h1-2,5-8,11,13H,3-4,9-10,12H2/b2-1?,7-5?,8-6+,13-11?. The highest BCUT2D eigenvalue weighted by Crippen LogP contribution is 1.99. The van der Waals surface area contributed by atoms with Crippen molar-refractivity contribution in [2.24, 2.45) is 0 Å². The lowest BCUT2D eigenvalue weighted by molar-refractivity contribution is 1.04. The fourth-order valence-electron chi connectivity index (χ4n) is 1.24. The van der Waals surface area contributed by atoms with E-state index in [-0.39, 0.29) is 0 Å². The molecule has 0 heteroatoms. The molecule has 0 spiro atoms. The second kappa shape index (κ2) is 7.60. The minimum Gasteiger partial charge on any atom is -0.0879 e. The Balaban J connectivity index is 2.38. The minimum atomic E-state index is 1.07. The molecule has 70 valence electrons. The third-order valence-corrected chi connectivity index (χ3v) is 1.98. The molecule has 0 heterocycles. The van der Waals surface area contributed by atoms with Crippen LogP contribution in [0.1, 0.15) is 32.1 Å². The molecule has 0 unspecified atom stereocenters. The Hall–Kier alpha value is -1.04. The first-order valence-electron chi connectivity index (χ1n) is 5.10. The van der Waals surface area contributed by atoms with Gasteiger partial charge in [0.25, 0.3) is 0 Å². The molecular formula is C13H18. The molecule has 0 aromatic carbocycles. The van der Waals surface area contributed by atoms with Crippen LogP contribution >= 0.6 is 0 Å². The van der Waals surface area contributed by atoms with Crippen molar-refractivity contribution >= 4 is 0 Å². The van der Waals surface area contributed by atoms with Gasteiger partial charge < -0.3 is 0 Å². The van der Waals surface area contributed by atoms with Crippen LogP contribution in [-0.2, 0) is 0 Å². The van der Waals surface area contributed by atoms with Gasteiger partial charge in [-0.25, -0.2) is 0 Å². The summed E-state index contributed by atoms with van der Waals surface area (Å²) in [5, 5.41) is 0. The normalized spacial score (nSPS) is 21.5. The third kappa shape index (κ3) is 6.15. The first-order valence-corrected chi connectivity index (χ1v) is 5.10. The Bertz CT molecular complexity index is 192. The van der Waals surface area contributed by atoms with Crippen LogP contribution in [0.2, 0.25) is 0 Å². The van der Waals surface area contributed by atoms with Crippen LogP contribution in [0.15, 0.2) is 48.6 Å². The van der Waals surface area contributed by atoms with Crippen LogP contribution in [0, 0.1) is 0 Å². The Morgan fingerprint density at radius 1 is 0.385 bits per heavy atom. The maximum absolute atomic E-state index is 2.26. The van der Waals surface area contributed by atoms with E-state index in [0.717, 1.165) is 19.3 Å². The molecule has 0 N–H and O–H groups in total. The van der Waals surface area contributed by atoms with E-state index >= 15 is 0 Å². The maximum Gasteiger partial charge on any atom is -0.0169 e. The van der Waals surface area contributed by atoms with Crippen molar-refractivity contribution in [3.63, 3.8) is 0 Å². The smallest absolute Gasteiger partial charge is 0.0169 e. The van der Waals surface area contributed by atoms with Crippen LogP contribution in [0.5, 0.6) is 0 Å². The van der Waals surface area contributed by atoms with Gasteiger partial charge in [0.15, 0.2) is 0 Å². The Morgan fingerprint density at radius 3 is 1.08 bits per heavy atom. The summed E-state index contributed by atoms with van der Waals surface area (Å²) in [6, 6.07) is 0. The monoisotopic (exact) mass is 174 g/mol. The zero-order valence-electron chi connectivity index (χ0n) is 8.15. The van der Waals surface area contributed by atoms with Crippen molar-refractivity contribution in [3.8, 4) is 0 Å². The van der Waals surface area contributed by atoms with E-state index < -0.39 is 0 Å². The zero-order valence-corrected chi connectivity index (χ0v) is 8.15. The van der Waals surface area contributed by atoms with Crippen LogP contribution in [0.4, 0.5) is 0 Å². The molecule has 0 saturated carbocycles. The van der Waals surface area contributed by atoms with Gasteiger partial charge in [-0.1, -0.05) is 48.6 Å². The Labute approximate surface area is 81.4 Å². The van der Waals surface area contributed by atoms with Crippen molar-refractivity contribution in [3.05, 3.63) is 48.6 Å². The molecule has 13 heavy (non-hydrogen) atoms. The molecule has 1 aliphatic carbocycles. The van der Waals surface area contributed by atoms with Crippen molar-refractivity contribution in [2.75, 3.05) is 0 Å². The molecule has 0 aliphatic heterocycles. The fraction of sp³-hybridized carbons (Fsp3) is 0.385. The molecule has 0 amide bonds. The lowest BCUT2D eigenvalue weighted by Gasteiger charge is -1.85. The van der Waals surface area contributed by atoms with Gasteiger partial charge in [-0.3, -0.25) is 0 Å². The van der Waals surface area contributed by atoms with Gasteiger partial charge in [0.1, 0.15) is 0 Å². The highest BCUT2D eigenvalue weighted by atomic mass is 13.9. The van der Waals surface area contributed by atoms with E-state index in [1.54, 1.807) is 0 Å². The largest absolute Gasteiger partial charge is 0.0879 e. The summed E-state index contributed by atoms with van der Waals surface area (Å²) < 4.78 is 0. The van der Waals surface area contributed by atoms with Gasteiger partial charge >= 0.3 is 0 Å². The number of allylic oxidation sites excluding steroid dienone is 8. The third-order valence-electron chi connectivity index (χ3n) is 1.98. The second-order valence-electron chi connectivity index (χ2n) is 3.17. The molecule has 0 aromatic rings. The summed E-state index contributed by atoms with van der Waals surface area (Å²) in [5.74, 6) is 0. The van der Waals surface area contributed by atoms with Gasteiger partial charge in [-0.15, -0.1) is 0 Å². The molecule has 1 rings (SSSR count). The molecule has 0 aromatic heterocycles. The molecular weight excluding hydrogens is 156 g/mol. The van der Waals surface area contributed by atoms with Crippen LogP contribution in [-0.4, -0.2) is 0 Å². The zero-order chi connectivity index (χ0) is 9.19. The van der Waals surface area contributed by atoms with E-state index in [0.29, 0.717) is 0 Å². The van der Waals surface area contributed by atoms with Gasteiger partial charge in [0.2, 0.25) is 0 Å². The molecule has 0 nitrogen and oxygen atoms in total. The summed E-state index contributed by atoms with van der Waals surface area (Å²) >= 11 is 0. The van der Waals surface area contributed by atoms with Gasteiger partial charge in [0.05, 0.1) is 0 Å². The van der Waals surface area contributed by atoms with E-state index in [1.807, 2.05) is 0 Å². The summed E-state index contributed by atoms with van der Waals surface area (Å²) in [6.07, 6.45) is 23.5. The van der Waals surface area contributed by atoms with E-state index in [1.165, 1.54) is 12.8 Å².